The molecular formula is C12H21Cl2N3O. The molecule has 0 unspecified atom stereocenters. The van der Waals surface area contributed by atoms with Gasteiger partial charge in [0.2, 0.25) is 5.91 Å². The van der Waals surface area contributed by atoms with Crippen LogP contribution >= 0.6 is 24.8 Å². The number of hydrogen-bond donors (Lipinski definition) is 2. The minimum absolute atomic E-state index is 0. The third kappa shape index (κ3) is 5.67. The van der Waals surface area contributed by atoms with Crippen molar-refractivity contribution in [2.45, 2.75) is 32.9 Å². The molecule has 0 bridgehead atoms. The van der Waals surface area contributed by atoms with Crippen LogP contribution in [0.4, 0.5) is 0 Å². The van der Waals surface area contributed by atoms with Crippen LogP contribution < -0.4 is 11.1 Å². The minimum Gasteiger partial charge on any atom is -0.348 e. The van der Waals surface area contributed by atoms with Crippen LogP contribution in [0.1, 0.15) is 32.4 Å². The smallest absolute Gasteiger partial charge is 0.237 e. The van der Waals surface area contributed by atoms with Gasteiger partial charge >= 0.3 is 0 Å². The molecule has 6 heteroatoms. The highest BCUT2D eigenvalue weighted by molar-refractivity contribution is 5.85. The number of carbonyl (C=O) groups excluding carboxylic acids is 1. The number of amides is 1. The summed E-state index contributed by atoms with van der Waals surface area (Å²) in [6.07, 6.45) is 3.45. The molecule has 1 heterocycles. The lowest BCUT2D eigenvalue weighted by Crippen LogP contribution is -2.44. The van der Waals surface area contributed by atoms with Crippen molar-refractivity contribution in [3.8, 4) is 0 Å². The van der Waals surface area contributed by atoms with Gasteiger partial charge in [0.1, 0.15) is 0 Å². The Labute approximate surface area is 121 Å². The summed E-state index contributed by atoms with van der Waals surface area (Å²) in [7, 11) is 0. The van der Waals surface area contributed by atoms with Crippen molar-refractivity contribution in [1.29, 1.82) is 0 Å². The van der Waals surface area contributed by atoms with Gasteiger partial charge < -0.3 is 11.1 Å². The van der Waals surface area contributed by atoms with Crippen molar-refractivity contribution in [2.24, 2.45) is 11.7 Å². The normalized spacial score (nSPS) is 12.9. The number of pyridine rings is 1. The van der Waals surface area contributed by atoms with Gasteiger partial charge in [0, 0.05) is 12.4 Å². The van der Waals surface area contributed by atoms with Gasteiger partial charge in [-0.25, -0.2) is 0 Å². The predicted octanol–water partition coefficient (Wildman–Crippen LogP) is 2.09. The SMILES string of the molecule is CC(C)[C@H](N)C(=O)N[C@@H](C)c1cccnc1.Cl.Cl. The molecule has 0 saturated heterocycles. The fourth-order valence-corrected chi connectivity index (χ4v) is 1.33. The quantitative estimate of drug-likeness (QED) is 0.893. The molecule has 104 valence electrons. The van der Waals surface area contributed by atoms with E-state index in [4.69, 9.17) is 5.73 Å². The molecule has 0 radical (unpaired) electrons. The summed E-state index contributed by atoms with van der Waals surface area (Å²) in [6.45, 7) is 5.78. The number of nitrogens with one attached hydrogen (secondary N) is 1. The highest BCUT2D eigenvalue weighted by Crippen LogP contribution is 2.10. The summed E-state index contributed by atoms with van der Waals surface area (Å²) >= 11 is 0. The van der Waals surface area contributed by atoms with E-state index >= 15 is 0 Å². The topological polar surface area (TPSA) is 68.0 Å². The van der Waals surface area contributed by atoms with E-state index in [2.05, 4.69) is 10.3 Å². The van der Waals surface area contributed by atoms with E-state index in [9.17, 15) is 4.79 Å². The Kier molecular flexibility index (Phi) is 9.90. The van der Waals surface area contributed by atoms with Crippen molar-refractivity contribution in [3.63, 3.8) is 0 Å². The minimum atomic E-state index is -0.459. The van der Waals surface area contributed by atoms with E-state index in [0.29, 0.717) is 0 Å². The van der Waals surface area contributed by atoms with E-state index in [1.165, 1.54) is 0 Å². The molecule has 1 amide bonds. The monoisotopic (exact) mass is 293 g/mol. The van der Waals surface area contributed by atoms with Crippen LogP contribution in [0.15, 0.2) is 24.5 Å². The zero-order valence-electron chi connectivity index (χ0n) is 10.8. The van der Waals surface area contributed by atoms with Gasteiger partial charge in [0.15, 0.2) is 0 Å². The molecule has 1 rings (SSSR count). The summed E-state index contributed by atoms with van der Waals surface area (Å²) in [6, 6.07) is 3.25. The first-order valence-corrected chi connectivity index (χ1v) is 5.48. The molecular weight excluding hydrogens is 273 g/mol. The standard InChI is InChI=1S/C12H19N3O.2ClH/c1-8(2)11(13)12(16)15-9(3)10-5-4-6-14-7-10;;/h4-9,11H,13H2,1-3H3,(H,15,16);2*1H/t9-,11-;;/m0../s1. The number of halogens is 2. The highest BCUT2D eigenvalue weighted by Gasteiger charge is 2.19. The number of nitrogens with two attached hydrogens (primary N) is 1. The number of rotatable bonds is 4. The molecule has 4 nitrogen and oxygen atoms in total. The summed E-state index contributed by atoms with van der Waals surface area (Å²) in [4.78, 5) is 15.7. The van der Waals surface area contributed by atoms with Crippen LogP contribution in [-0.2, 0) is 4.79 Å². The van der Waals surface area contributed by atoms with Crippen LogP contribution in [0.3, 0.4) is 0 Å². The van der Waals surface area contributed by atoms with E-state index in [1.807, 2.05) is 32.9 Å². The summed E-state index contributed by atoms with van der Waals surface area (Å²) in [5.41, 5.74) is 6.74. The maximum absolute atomic E-state index is 11.7. The van der Waals surface area contributed by atoms with Crippen LogP contribution in [0, 0.1) is 5.92 Å². The molecule has 0 fully saturated rings. The van der Waals surface area contributed by atoms with E-state index in [0.717, 1.165) is 5.56 Å². The molecule has 0 aliphatic carbocycles. The van der Waals surface area contributed by atoms with Crippen molar-refractivity contribution in [1.82, 2.24) is 10.3 Å². The number of hydrogen-bond acceptors (Lipinski definition) is 3. The Morgan fingerprint density at radius 2 is 1.94 bits per heavy atom. The summed E-state index contributed by atoms with van der Waals surface area (Å²) < 4.78 is 0. The molecule has 0 aromatic carbocycles. The van der Waals surface area contributed by atoms with E-state index < -0.39 is 6.04 Å². The lowest BCUT2D eigenvalue weighted by atomic mass is 10.0. The number of aromatic nitrogens is 1. The van der Waals surface area contributed by atoms with Gasteiger partial charge in [-0.15, -0.1) is 24.8 Å². The Balaban J connectivity index is 0. The third-order valence-electron chi connectivity index (χ3n) is 2.56. The van der Waals surface area contributed by atoms with E-state index in [1.54, 1.807) is 12.4 Å². The van der Waals surface area contributed by atoms with Gasteiger partial charge in [0.05, 0.1) is 12.1 Å². The van der Waals surface area contributed by atoms with Crippen LogP contribution in [0.25, 0.3) is 0 Å². The Hall–Kier alpha value is -0.840. The molecule has 2 atom stereocenters. The molecule has 3 N–H and O–H groups in total. The van der Waals surface area contributed by atoms with Crippen LogP contribution in [0.2, 0.25) is 0 Å². The third-order valence-corrected chi connectivity index (χ3v) is 2.56. The average molecular weight is 294 g/mol. The molecule has 0 spiro atoms. The molecule has 0 aliphatic heterocycles. The van der Waals surface area contributed by atoms with Gasteiger partial charge in [-0.2, -0.15) is 0 Å². The number of nitrogens with zero attached hydrogens (tertiary/aromatic N) is 1. The zero-order chi connectivity index (χ0) is 12.1. The number of carbonyl (C=O) groups is 1. The summed E-state index contributed by atoms with van der Waals surface area (Å²) in [5, 5.41) is 2.87. The highest BCUT2D eigenvalue weighted by atomic mass is 35.5. The maximum Gasteiger partial charge on any atom is 0.237 e. The first-order valence-electron chi connectivity index (χ1n) is 5.48. The molecule has 18 heavy (non-hydrogen) atoms. The van der Waals surface area contributed by atoms with Gasteiger partial charge in [-0.05, 0) is 24.5 Å². The first-order chi connectivity index (χ1) is 7.52. The van der Waals surface area contributed by atoms with Crippen LogP contribution in [-0.4, -0.2) is 16.9 Å². The fourth-order valence-electron chi connectivity index (χ4n) is 1.33. The Morgan fingerprint density at radius 1 is 1.33 bits per heavy atom. The second-order valence-electron chi connectivity index (χ2n) is 4.29. The largest absolute Gasteiger partial charge is 0.348 e. The maximum atomic E-state index is 11.7. The van der Waals surface area contributed by atoms with Gasteiger partial charge in [-0.1, -0.05) is 19.9 Å². The molecule has 0 saturated carbocycles. The van der Waals surface area contributed by atoms with Crippen molar-refractivity contribution < 1.29 is 4.79 Å². The Bertz CT molecular complexity index is 346. The van der Waals surface area contributed by atoms with Crippen LogP contribution in [0.5, 0.6) is 0 Å². The Morgan fingerprint density at radius 3 is 2.39 bits per heavy atom. The summed E-state index contributed by atoms with van der Waals surface area (Å²) in [5.74, 6) is 0.0208. The second-order valence-corrected chi connectivity index (χ2v) is 4.29. The molecule has 1 aromatic rings. The lowest BCUT2D eigenvalue weighted by Gasteiger charge is -2.19. The second kappa shape index (κ2) is 9.14. The fraction of sp³-hybridized carbons (Fsp3) is 0.500. The van der Waals surface area contributed by atoms with Crippen molar-refractivity contribution in [3.05, 3.63) is 30.1 Å². The lowest BCUT2D eigenvalue weighted by molar-refractivity contribution is -0.123. The first kappa shape index (κ1) is 19.5. The zero-order valence-corrected chi connectivity index (χ0v) is 12.4. The van der Waals surface area contributed by atoms with Crippen molar-refractivity contribution >= 4 is 30.7 Å². The van der Waals surface area contributed by atoms with Crippen molar-refractivity contribution in [2.75, 3.05) is 0 Å². The average Bonchev–Trinajstić information content (AvgIpc) is 2.28. The molecule has 0 aliphatic rings. The predicted molar refractivity (Wildman–Crippen MR) is 78.1 cm³/mol. The van der Waals surface area contributed by atoms with E-state index in [-0.39, 0.29) is 42.7 Å². The molecule has 1 aromatic heterocycles. The van der Waals surface area contributed by atoms with Gasteiger partial charge in [0.25, 0.3) is 0 Å². The van der Waals surface area contributed by atoms with Gasteiger partial charge in [-0.3, -0.25) is 9.78 Å².